The minimum Gasteiger partial charge on any atom is -0.379 e. The number of hydrogen-bond donors (Lipinski definition) is 2. The number of fused-ring (bicyclic) bond motifs is 1. The molecule has 5 rings (SSSR count). The first-order valence-corrected chi connectivity index (χ1v) is 11.1. The van der Waals surface area contributed by atoms with Crippen LogP contribution in [0.2, 0.25) is 0 Å². The van der Waals surface area contributed by atoms with Gasteiger partial charge in [-0.2, -0.15) is 0 Å². The molecule has 8 heteroatoms. The number of ether oxygens (including phenoxy) is 1. The molecule has 2 aromatic carbocycles. The van der Waals surface area contributed by atoms with Gasteiger partial charge in [-0.05, 0) is 24.3 Å². The van der Waals surface area contributed by atoms with Gasteiger partial charge in [-0.3, -0.25) is 19.1 Å². The second kappa shape index (κ2) is 9.81. The van der Waals surface area contributed by atoms with Gasteiger partial charge in [0.15, 0.2) is 5.65 Å². The number of anilines is 2. The van der Waals surface area contributed by atoms with Crippen LogP contribution in [0.15, 0.2) is 73.2 Å². The zero-order valence-electron chi connectivity index (χ0n) is 18.3. The molecule has 1 amide bonds. The highest BCUT2D eigenvalue weighted by molar-refractivity contribution is 5.94. The highest BCUT2D eigenvalue weighted by atomic mass is 16.5. The molecular weight excluding hydrogens is 416 g/mol. The number of carbonyl (C=O) groups excluding carboxylic acids is 1. The molecule has 0 bridgehead atoms. The fourth-order valence-electron chi connectivity index (χ4n) is 3.92. The molecule has 1 saturated heterocycles. The number of nitrogens with zero attached hydrogens (tertiary/aromatic N) is 4. The molecule has 0 unspecified atom stereocenters. The normalized spacial score (nSPS) is 14.3. The Bertz CT molecular complexity index is 1220. The van der Waals surface area contributed by atoms with Crippen LogP contribution in [0.1, 0.15) is 10.4 Å². The summed E-state index contributed by atoms with van der Waals surface area (Å²) in [6.07, 6.45) is 5.36. The van der Waals surface area contributed by atoms with Crippen LogP contribution >= 0.6 is 0 Å². The maximum absolute atomic E-state index is 12.5. The Morgan fingerprint density at radius 1 is 1.03 bits per heavy atom. The van der Waals surface area contributed by atoms with Crippen LogP contribution < -0.4 is 10.6 Å². The first kappa shape index (κ1) is 21.1. The van der Waals surface area contributed by atoms with E-state index in [0.29, 0.717) is 12.1 Å². The van der Waals surface area contributed by atoms with Crippen LogP contribution in [0, 0.1) is 0 Å². The quantitative estimate of drug-likeness (QED) is 0.457. The molecule has 2 aromatic heterocycles. The Kier molecular flexibility index (Phi) is 6.27. The minimum atomic E-state index is -0.0688. The molecule has 168 valence electrons. The number of benzene rings is 2. The van der Waals surface area contributed by atoms with Gasteiger partial charge in [0.1, 0.15) is 11.5 Å². The van der Waals surface area contributed by atoms with Crippen molar-refractivity contribution in [2.24, 2.45) is 0 Å². The lowest BCUT2D eigenvalue weighted by Gasteiger charge is -2.26. The van der Waals surface area contributed by atoms with E-state index in [1.807, 2.05) is 65.2 Å². The van der Waals surface area contributed by atoms with Crippen LogP contribution in [0.4, 0.5) is 11.5 Å². The predicted molar refractivity (Wildman–Crippen MR) is 128 cm³/mol. The molecule has 2 N–H and O–H groups in total. The van der Waals surface area contributed by atoms with E-state index in [0.717, 1.165) is 61.3 Å². The van der Waals surface area contributed by atoms with Crippen molar-refractivity contribution >= 4 is 23.1 Å². The Labute approximate surface area is 192 Å². The Morgan fingerprint density at radius 2 is 1.82 bits per heavy atom. The van der Waals surface area contributed by atoms with Crippen molar-refractivity contribution in [2.75, 3.05) is 44.7 Å². The van der Waals surface area contributed by atoms with Crippen LogP contribution in [-0.2, 0) is 4.74 Å². The molecule has 1 aliphatic heterocycles. The number of carbonyl (C=O) groups is 1. The van der Waals surface area contributed by atoms with Gasteiger partial charge in [0.2, 0.25) is 0 Å². The lowest BCUT2D eigenvalue weighted by Crippen LogP contribution is -2.41. The molecule has 0 radical (unpaired) electrons. The molecule has 0 spiro atoms. The maximum atomic E-state index is 12.5. The molecule has 0 atom stereocenters. The molecule has 1 fully saturated rings. The van der Waals surface area contributed by atoms with Crippen molar-refractivity contribution < 1.29 is 9.53 Å². The summed E-state index contributed by atoms with van der Waals surface area (Å²) in [7, 11) is 0. The van der Waals surface area contributed by atoms with E-state index >= 15 is 0 Å². The van der Waals surface area contributed by atoms with Crippen LogP contribution in [0.5, 0.6) is 0 Å². The number of imidazole rings is 1. The second-order valence-corrected chi connectivity index (χ2v) is 7.89. The summed E-state index contributed by atoms with van der Waals surface area (Å²) in [5.41, 5.74) is 4.12. The van der Waals surface area contributed by atoms with Gasteiger partial charge < -0.3 is 15.4 Å². The van der Waals surface area contributed by atoms with Gasteiger partial charge in [-0.1, -0.05) is 30.3 Å². The molecule has 33 heavy (non-hydrogen) atoms. The van der Waals surface area contributed by atoms with Gasteiger partial charge in [0, 0.05) is 55.4 Å². The lowest BCUT2D eigenvalue weighted by molar-refractivity contribution is 0.0383. The number of amides is 1. The van der Waals surface area contributed by atoms with Gasteiger partial charge in [-0.25, -0.2) is 4.98 Å². The summed E-state index contributed by atoms with van der Waals surface area (Å²) < 4.78 is 7.33. The number of aromatic nitrogens is 3. The van der Waals surface area contributed by atoms with Crippen molar-refractivity contribution in [3.63, 3.8) is 0 Å². The van der Waals surface area contributed by atoms with E-state index in [9.17, 15) is 4.79 Å². The van der Waals surface area contributed by atoms with Crippen molar-refractivity contribution in [3.8, 4) is 11.3 Å². The van der Waals surface area contributed by atoms with E-state index in [1.165, 1.54) is 0 Å². The standard InChI is InChI=1S/C25H26N6O2/c32-25(27-11-12-30-14-16-33-17-15-30)20-6-8-21(9-7-20)28-24-23(19-4-2-1-3-5-19)29-22-18-26-10-13-31(22)24/h1-10,13,18,28H,11-12,14-17H2,(H,27,32). The van der Waals surface area contributed by atoms with Gasteiger partial charge >= 0.3 is 0 Å². The smallest absolute Gasteiger partial charge is 0.251 e. The average Bonchev–Trinajstić information content (AvgIpc) is 3.24. The fraction of sp³-hybridized carbons (Fsp3) is 0.240. The third kappa shape index (κ3) is 4.87. The fourth-order valence-corrected chi connectivity index (χ4v) is 3.92. The number of morpholine rings is 1. The third-order valence-corrected chi connectivity index (χ3v) is 5.70. The zero-order valence-corrected chi connectivity index (χ0v) is 18.3. The highest BCUT2D eigenvalue weighted by Crippen LogP contribution is 2.30. The number of rotatable bonds is 7. The summed E-state index contributed by atoms with van der Waals surface area (Å²) in [6, 6.07) is 17.5. The molecule has 8 nitrogen and oxygen atoms in total. The Morgan fingerprint density at radius 3 is 2.61 bits per heavy atom. The monoisotopic (exact) mass is 442 g/mol. The largest absolute Gasteiger partial charge is 0.379 e. The zero-order chi connectivity index (χ0) is 22.5. The number of hydrogen-bond acceptors (Lipinski definition) is 6. The van der Waals surface area contributed by atoms with E-state index in [1.54, 1.807) is 12.4 Å². The summed E-state index contributed by atoms with van der Waals surface area (Å²) in [5, 5.41) is 6.47. The molecule has 0 aliphatic carbocycles. The van der Waals surface area contributed by atoms with E-state index in [2.05, 4.69) is 20.5 Å². The summed E-state index contributed by atoms with van der Waals surface area (Å²) >= 11 is 0. The first-order valence-electron chi connectivity index (χ1n) is 11.1. The molecule has 1 aliphatic rings. The predicted octanol–water partition coefficient (Wildman–Crippen LogP) is 3.20. The Hall–Kier alpha value is -3.75. The van der Waals surface area contributed by atoms with E-state index in [-0.39, 0.29) is 5.91 Å². The van der Waals surface area contributed by atoms with Crippen molar-refractivity contribution in [1.82, 2.24) is 24.6 Å². The average molecular weight is 443 g/mol. The number of nitrogens with one attached hydrogen (secondary N) is 2. The summed E-state index contributed by atoms with van der Waals surface area (Å²) in [4.78, 5) is 23.8. The summed E-state index contributed by atoms with van der Waals surface area (Å²) in [5.74, 6) is 0.780. The minimum absolute atomic E-state index is 0.0688. The highest BCUT2D eigenvalue weighted by Gasteiger charge is 2.15. The second-order valence-electron chi connectivity index (χ2n) is 7.89. The SMILES string of the molecule is O=C(NCCN1CCOCC1)c1ccc(Nc2c(-c3ccccc3)nc3cnccn23)cc1. The van der Waals surface area contributed by atoms with Gasteiger partial charge in [0.05, 0.1) is 19.4 Å². The van der Waals surface area contributed by atoms with Crippen molar-refractivity contribution in [2.45, 2.75) is 0 Å². The Balaban J connectivity index is 1.29. The van der Waals surface area contributed by atoms with E-state index < -0.39 is 0 Å². The van der Waals surface area contributed by atoms with E-state index in [4.69, 9.17) is 9.72 Å². The third-order valence-electron chi connectivity index (χ3n) is 5.70. The molecule has 4 aromatic rings. The van der Waals surface area contributed by atoms with Gasteiger partial charge in [-0.15, -0.1) is 0 Å². The van der Waals surface area contributed by atoms with Crippen LogP contribution in [0.3, 0.4) is 0 Å². The molecule has 3 heterocycles. The molecular formula is C25H26N6O2. The topological polar surface area (TPSA) is 83.8 Å². The van der Waals surface area contributed by atoms with Gasteiger partial charge in [0.25, 0.3) is 5.91 Å². The van der Waals surface area contributed by atoms with Crippen LogP contribution in [-0.4, -0.2) is 64.6 Å². The maximum Gasteiger partial charge on any atom is 0.251 e. The van der Waals surface area contributed by atoms with Crippen molar-refractivity contribution in [3.05, 3.63) is 78.8 Å². The van der Waals surface area contributed by atoms with Crippen molar-refractivity contribution in [1.29, 1.82) is 0 Å². The van der Waals surface area contributed by atoms with Crippen LogP contribution in [0.25, 0.3) is 16.9 Å². The first-order chi connectivity index (χ1) is 16.3. The molecule has 0 saturated carbocycles. The summed E-state index contributed by atoms with van der Waals surface area (Å²) in [6.45, 7) is 4.81. The lowest BCUT2D eigenvalue weighted by atomic mass is 10.1.